The van der Waals surface area contributed by atoms with Gasteiger partial charge in [-0.25, -0.2) is 0 Å². The first-order valence-corrected chi connectivity index (χ1v) is 7.15. The molecule has 0 radical (unpaired) electrons. The van der Waals surface area contributed by atoms with Crippen LogP contribution in [0.15, 0.2) is 36.4 Å². The van der Waals surface area contributed by atoms with Gasteiger partial charge in [-0.2, -0.15) is 0 Å². The van der Waals surface area contributed by atoms with E-state index < -0.39 is 12.1 Å². The summed E-state index contributed by atoms with van der Waals surface area (Å²) in [5.74, 6) is 0.793. The number of hydrogen-bond acceptors (Lipinski definition) is 3. The molecule has 21 heavy (non-hydrogen) atoms. The van der Waals surface area contributed by atoms with Crippen LogP contribution in [0.1, 0.15) is 38.3 Å². The van der Waals surface area contributed by atoms with Crippen molar-refractivity contribution in [1.29, 1.82) is 0 Å². The van der Waals surface area contributed by atoms with Crippen molar-refractivity contribution in [3.63, 3.8) is 0 Å². The number of hydrogen-bond donors (Lipinski definition) is 3. The highest BCUT2D eigenvalue weighted by Crippen LogP contribution is 2.32. The van der Waals surface area contributed by atoms with Gasteiger partial charge in [-0.15, -0.1) is 12.4 Å². The van der Waals surface area contributed by atoms with Crippen molar-refractivity contribution in [1.82, 2.24) is 0 Å². The highest BCUT2D eigenvalue weighted by atomic mass is 35.5. The summed E-state index contributed by atoms with van der Waals surface area (Å²) in [6.07, 6.45) is 1.07. The van der Waals surface area contributed by atoms with E-state index in [4.69, 9.17) is 5.73 Å². The molecule has 0 aromatic heterocycles. The molecule has 2 rings (SSSR count). The predicted molar refractivity (Wildman–Crippen MR) is 89.9 cm³/mol. The third-order valence-corrected chi connectivity index (χ3v) is 3.75. The Bertz CT molecular complexity index is 586. The largest absolute Gasteiger partial charge is 0.507 e. The van der Waals surface area contributed by atoms with E-state index in [-0.39, 0.29) is 18.2 Å². The molecule has 0 saturated carbocycles. The quantitative estimate of drug-likeness (QED) is 0.787. The molecule has 3 nitrogen and oxygen atoms in total. The number of aliphatic hydroxyl groups is 1. The van der Waals surface area contributed by atoms with E-state index >= 15 is 0 Å². The first kappa shape index (κ1) is 17.8. The molecule has 0 amide bonds. The second kappa shape index (κ2) is 7.64. The summed E-state index contributed by atoms with van der Waals surface area (Å²) < 4.78 is 0. The maximum Gasteiger partial charge on any atom is 0.123 e. The van der Waals surface area contributed by atoms with Crippen LogP contribution >= 0.6 is 12.4 Å². The third kappa shape index (κ3) is 4.10. The SMILES string of the molecule is CC(C)CC[C@H](O)[C@H](N)c1ccc(O)c2ccccc12.Cl. The Morgan fingerprint density at radius 1 is 1.00 bits per heavy atom. The minimum absolute atomic E-state index is 0. The van der Waals surface area contributed by atoms with Crippen LogP contribution < -0.4 is 5.73 Å². The highest BCUT2D eigenvalue weighted by Gasteiger charge is 2.19. The molecule has 0 saturated heterocycles. The minimum Gasteiger partial charge on any atom is -0.507 e. The molecule has 2 atom stereocenters. The van der Waals surface area contributed by atoms with Crippen LogP contribution in [-0.4, -0.2) is 16.3 Å². The van der Waals surface area contributed by atoms with Crippen LogP contribution in [0, 0.1) is 5.92 Å². The van der Waals surface area contributed by atoms with Gasteiger partial charge < -0.3 is 15.9 Å². The first-order valence-electron chi connectivity index (χ1n) is 7.15. The fourth-order valence-electron chi connectivity index (χ4n) is 2.49. The zero-order chi connectivity index (χ0) is 14.7. The van der Waals surface area contributed by atoms with Crippen LogP contribution in [0.2, 0.25) is 0 Å². The van der Waals surface area contributed by atoms with Crippen molar-refractivity contribution in [2.75, 3.05) is 0 Å². The Hall–Kier alpha value is -1.29. The summed E-state index contributed by atoms with van der Waals surface area (Å²) >= 11 is 0. The van der Waals surface area contributed by atoms with Crippen molar-refractivity contribution >= 4 is 23.2 Å². The van der Waals surface area contributed by atoms with Crippen molar-refractivity contribution in [2.24, 2.45) is 11.7 Å². The molecule has 0 fully saturated rings. The molecule has 4 heteroatoms. The van der Waals surface area contributed by atoms with Crippen molar-refractivity contribution < 1.29 is 10.2 Å². The molecule has 0 bridgehead atoms. The predicted octanol–water partition coefficient (Wildman–Crippen LogP) is 3.76. The van der Waals surface area contributed by atoms with E-state index in [0.717, 1.165) is 22.8 Å². The smallest absolute Gasteiger partial charge is 0.123 e. The van der Waals surface area contributed by atoms with E-state index in [9.17, 15) is 10.2 Å². The van der Waals surface area contributed by atoms with Gasteiger partial charge in [0.05, 0.1) is 12.1 Å². The summed E-state index contributed by atoms with van der Waals surface area (Å²) in [4.78, 5) is 0. The molecule has 0 spiro atoms. The molecule has 2 aromatic carbocycles. The summed E-state index contributed by atoms with van der Waals surface area (Å²) in [6, 6.07) is 10.6. The summed E-state index contributed by atoms with van der Waals surface area (Å²) in [5.41, 5.74) is 7.09. The number of fused-ring (bicyclic) bond motifs is 1. The van der Waals surface area contributed by atoms with Gasteiger partial charge in [0.1, 0.15) is 5.75 Å². The summed E-state index contributed by atoms with van der Waals surface area (Å²) in [5, 5.41) is 21.8. The second-order valence-electron chi connectivity index (χ2n) is 5.78. The van der Waals surface area contributed by atoms with Crippen molar-refractivity contribution in [3.8, 4) is 5.75 Å². The van der Waals surface area contributed by atoms with Gasteiger partial charge in [0, 0.05) is 5.39 Å². The molecule has 0 aliphatic rings. The molecule has 4 N–H and O–H groups in total. The molecule has 2 aromatic rings. The lowest BCUT2D eigenvalue weighted by atomic mass is 9.92. The number of benzene rings is 2. The van der Waals surface area contributed by atoms with E-state index in [2.05, 4.69) is 13.8 Å². The number of phenolic OH excluding ortho intramolecular Hbond substituents is 1. The van der Waals surface area contributed by atoms with Crippen molar-refractivity contribution in [3.05, 3.63) is 42.0 Å². The molecule has 116 valence electrons. The normalized spacial score (nSPS) is 14.0. The molecular weight excluding hydrogens is 286 g/mol. The topological polar surface area (TPSA) is 66.5 Å². The lowest BCUT2D eigenvalue weighted by molar-refractivity contribution is 0.129. The zero-order valence-electron chi connectivity index (χ0n) is 12.5. The first-order chi connectivity index (χ1) is 9.50. The van der Waals surface area contributed by atoms with Gasteiger partial charge in [0.25, 0.3) is 0 Å². The fourth-order valence-corrected chi connectivity index (χ4v) is 2.49. The van der Waals surface area contributed by atoms with Crippen LogP contribution in [0.3, 0.4) is 0 Å². The van der Waals surface area contributed by atoms with Gasteiger partial charge >= 0.3 is 0 Å². The highest BCUT2D eigenvalue weighted by molar-refractivity contribution is 5.91. The van der Waals surface area contributed by atoms with E-state index in [0.29, 0.717) is 12.3 Å². The lowest BCUT2D eigenvalue weighted by Gasteiger charge is -2.21. The minimum atomic E-state index is -0.564. The Morgan fingerprint density at radius 3 is 2.24 bits per heavy atom. The molecular formula is C17H24ClNO2. The number of nitrogens with two attached hydrogens (primary N) is 1. The van der Waals surface area contributed by atoms with Crippen LogP contribution in [0.4, 0.5) is 0 Å². The maximum absolute atomic E-state index is 10.3. The van der Waals surface area contributed by atoms with Gasteiger partial charge in [-0.3, -0.25) is 0 Å². The molecule has 0 aliphatic heterocycles. The second-order valence-corrected chi connectivity index (χ2v) is 5.78. The van der Waals surface area contributed by atoms with Gasteiger partial charge in [-0.05, 0) is 35.8 Å². The van der Waals surface area contributed by atoms with Gasteiger partial charge in [0.2, 0.25) is 0 Å². The lowest BCUT2D eigenvalue weighted by Crippen LogP contribution is -2.26. The Kier molecular flexibility index (Phi) is 6.46. The van der Waals surface area contributed by atoms with E-state index in [1.54, 1.807) is 12.1 Å². The van der Waals surface area contributed by atoms with Gasteiger partial charge in [0.15, 0.2) is 0 Å². The molecule has 0 unspecified atom stereocenters. The summed E-state index contributed by atoms with van der Waals surface area (Å²) in [7, 11) is 0. The third-order valence-electron chi connectivity index (χ3n) is 3.75. The number of rotatable bonds is 5. The van der Waals surface area contributed by atoms with E-state index in [1.807, 2.05) is 24.3 Å². The monoisotopic (exact) mass is 309 g/mol. The Labute approximate surface area is 132 Å². The van der Waals surface area contributed by atoms with Gasteiger partial charge in [-0.1, -0.05) is 44.2 Å². The number of phenols is 1. The molecule has 0 aliphatic carbocycles. The number of aromatic hydroxyl groups is 1. The van der Waals surface area contributed by atoms with Crippen molar-refractivity contribution in [2.45, 2.75) is 38.8 Å². The fraction of sp³-hybridized carbons (Fsp3) is 0.412. The average Bonchev–Trinajstić information content (AvgIpc) is 2.44. The van der Waals surface area contributed by atoms with E-state index in [1.165, 1.54) is 0 Å². The zero-order valence-corrected chi connectivity index (χ0v) is 13.3. The Balaban J connectivity index is 0.00000220. The maximum atomic E-state index is 10.3. The molecule has 0 heterocycles. The summed E-state index contributed by atoms with van der Waals surface area (Å²) in [6.45, 7) is 4.27. The standard InChI is InChI=1S/C17H23NO2.ClH/c1-11(2)7-9-16(20)17(18)14-8-10-15(19)13-6-4-3-5-12(13)14;/h3-6,8,10-11,16-17,19-20H,7,9,18H2,1-2H3;1H/t16-,17+;/m0./s1. The Morgan fingerprint density at radius 2 is 1.62 bits per heavy atom. The number of halogens is 1. The van der Waals surface area contributed by atoms with Crippen LogP contribution in [-0.2, 0) is 0 Å². The van der Waals surface area contributed by atoms with Crippen LogP contribution in [0.5, 0.6) is 5.75 Å². The van der Waals surface area contributed by atoms with Crippen LogP contribution in [0.25, 0.3) is 10.8 Å². The average molecular weight is 310 g/mol. The number of aliphatic hydroxyl groups excluding tert-OH is 1.